The fourth-order valence-corrected chi connectivity index (χ4v) is 1.33. The Hall–Kier alpha value is -0.830. The summed E-state index contributed by atoms with van der Waals surface area (Å²) in [6.07, 6.45) is 0. The van der Waals surface area contributed by atoms with Crippen LogP contribution < -0.4 is 5.32 Å². The summed E-state index contributed by atoms with van der Waals surface area (Å²) in [5, 5.41) is 2.85. The van der Waals surface area contributed by atoms with Crippen LogP contribution in [0.2, 0.25) is 0 Å². The Morgan fingerprint density at radius 2 is 2.00 bits per heavy atom. The highest BCUT2D eigenvalue weighted by atomic mass is 79.9. The van der Waals surface area contributed by atoms with E-state index in [9.17, 15) is 4.79 Å². The molecule has 1 aromatic rings. The van der Waals surface area contributed by atoms with Gasteiger partial charge in [0.2, 0.25) is 5.91 Å². The SMILES string of the molecule is CC(Br)C(=O)Nc1cccc(C(C)C)c1. The van der Waals surface area contributed by atoms with Crippen LogP contribution in [0, 0.1) is 0 Å². The molecule has 0 aliphatic rings. The van der Waals surface area contributed by atoms with Crippen molar-refractivity contribution in [1.82, 2.24) is 0 Å². The van der Waals surface area contributed by atoms with Crippen LogP contribution in [0.15, 0.2) is 24.3 Å². The van der Waals surface area contributed by atoms with Gasteiger partial charge in [0.1, 0.15) is 0 Å². The predicted octanol–water partition coefficient (Wildman–Crippen LogP) is 3.53. The Balaban J connectivity index is 2.78. The standard InChI is InChI=1S/C12H16BrNO/c1-8(2)10-5-4-6-11(7-10)14-12(15)9(3)13/h4-9H,1-3H3,(H,14,15). The third kappa shape index (κ3) is 3.67. The van der Waals surface area contributed by atoms with Crippen molar-refractivity contribution in [3.05, 3.63) is 29.8 Å². The van der Waals surface area contributed by atoms with Crippen molar-refractivity contribution in [2.45, 2.75) is 31.5 Å². The predicted molar refractivity (Wildman–Crippen MR) is 67.5 cm³/mol. The number of nitrogens with one attached hydrogen (secondary N) is 1. The van der Waals surface area contributed by atoms with Gasteiger partial charge in [-0.15, -0.1) is 0 Å². The van der Waals surface area contributed by atoms with Crippen LogP contribution in [0.3, 0.4) is 0 Å². The van der Waals surface area contributed by atoms with E-state index in [4.69, 9.17) is 0 Å². The first kappa shape index (κ1) is 12.2. The zero-order valence-corrected chi connectivity index (χ0v) is 10.8. The smallest absolute Gasteiger partial charge is 0.237 e. The molecule has 0 fully saturated rings. The highest BCUT2D eigenvalue weighted by molar-refractivity contribution is 9.10. The molecule has 15 heavy (non-hydrogen) atoms. The monoisotopic (exact) mass is 269 g/mol. The second-order valence-electron chi connectivity index (χ2n) is 3.89. The lowest BCUT2D eigenvalue weighted by atomic mass is 10.0. The summed E-state index contributed by atoms with van der Waals surface area (Å²) in [5.41, 5.74) is 2.09. The van der Waals surface area contributed by atoms with Crippen LogP contribution in [0.4, 0.5) is 5.69 Å². The van der Waals surface area contributed by atoms with Crippen LogP contribution in [0.25, 0.3) is 0 Å². The highest BCUT2D eigenvalue weighted by Crippen LogP contribution is 2.18. The first-order valence-electron chi connectivity index (χ1n) is 5.05. The topological polar surface area (TPSA) is 29.1 Å². The average molecular weight is 270 g/mol. The molecule has 0 aliphatic heterocycles. The van der Waals surface area contributed by atoms with E-state index in [0.29, 0.717) is 5.92 Å². The van der Waals surface area contributed by atoms with Gasteiger partial charge in [-0.2, -0.15) is 0 Å². The number of carbonyl (C=O) groups excluding carboxylic acids is 1. The molecule has 2 nitrogen and oxygen atoms in total. The van der Waals surface area contributed by atoms with E-state index in [1.165, 1.54) is 5.56 Å². The molecule has 1 atom stereocenters. The number of rotatable bonds is 3. The van der Waals surface area contributed by atoms with Crippen molar-refractivity contribution < 1.29 is 4.79 Å². The van der Waals surface area contributed by atoms with Gasteiger partial charge in [-0.1, -0.05) is 41.9 Å². The molecule has 0 spiro atoms. The van der Waals surface area contributed by atoms with Crippen LogP contribution >= 0.6 is 15.9 Å². The minimum Gasteiger partial charge on any atom is -0.325 e. The lowest BCUT2D eigenvalue weighted by Gasteiger charge is -2.10. The molecule has 1 N–H and O–H groups in total. The quantitative estimate of drug-likeness (QED) is 0.836. The second-order valence-corrected chi connectivity index (χ2v) is 5.26. The normalized spacial score (nSPS) is 12.6. The minimum absolute atomic E-state index is 0.0177. The minimum atomic E-state index is -0.166. The van der Waals surface area contributed by atoms with Gasteiger partial charge in [-0.3, -0.25) is 4.79 Å². The lowest BCUT2D eigenvalue weighted by Crippen LogP contribution is -2.19. The van der Waals surface area contributed by atoms with E-state index in [0.717, 1.165) is 5.69 Å². The van der Waals surface area contributed by atoms with Gasteiger partial charge in [0.05, 0.1) is 4.83 Å². The largest absolute Gasteiger partial charge is 0.325 e. The van der Waals surface area contributed by atoms with Crippen molar-refractivity contribution in [2.75, 3.05) is 5.32 Å². The van der Waals surface area contributed by atoms with Gasteiger partial charge in [-0.25, -0.2) is 0 Å². The van der Waals surface area contributed by atoms with E-state index < -0.39 is 0 Å². The summed E-state index contributed by atoms with van der Waals surface area (Å²) in [4.78, 5) is 11.3. The summed E-state index contributed by atoms with van der Waals surface area (Å²) in [6, 6.07) is 7.94. The number of alkyl halides is 1. The molecule has 0 heterocycles. The third-order valence-electron chi connectivity index (χ3n) is 2.18. The second kappa shape index (κ2) is 5.31. The summed E-state index contributed by atoms with van der Waals surface area (Å²) < 4.78 is 0. The average Bonchev–Trinajstić information content (AvgIpc) is 2.18. The summed E-state index contributed by atoms with van der Waals surface area (Å²) in [7, 11) is 0. The maximum Gasteiger partial charge on any atom is 0.237 e. The Kier molecular flexibility index (Phi) is 4.33. The maximum absolute atomic E-state index is 11.4. The Bertz CT molecular complexity index is 347. The van der Waals surface area contributed by atoms with E-state index >= 15 is 0 Å². The Labute approximate surface area is 99.2 Å². The molecule has 0 saturated carbocycles. The van der Waals surface area contributed by atoms with Crippen molar-refractivity contribution in [1.29, 1.82) is 0 Å². The zero-order chi connectivity index (χ0) is 11.4. The molecule has 0 radical (unpaired) electrons. The molecule has 1 unspecified atom stereocenters. The van der Waals surface area contributed by atoms with E-state index in [2.05, 4.69) is 41.2 Å². The summed E-state index contributed by atoms with van der Waals surface area (Å²) >= 11 is 3.23. The van der Waals surface area contributed by atoms with Gasteiger partial charge >= 0.3 is 0 Å². The van der Waals surface area contributed by atoms with Gasteiger partial charge in [0.15, 0.2) is 0 Å². The van der Waals surface area contributed by atoms with Crippen molar-refractivity contribution in [3.63, 3.8) is 0 Å². The van der Waals surface area contributed by atoms with Crippen molar-refractivity contribution in [3.8, 4) is 0 Å². The number of halogens is 1. The van der Waals surface area contributed by atoms with E-state index in [1.807, 2.05) is 25.1 Å². The number of benzene rings is 1. The maximum atomic E-state index is 11.4. The molecule has 3 heteroatoms. The van der Waals surface area contributed by atoms with Crippen molar-refractivity contribution in [2.24, 2.45) is 0 Å². The lowest BCUT2D eigenvalue weighted by molar-refractivity contribution is -0.115. The number of anilines is 1. The first-order valence-corrected chi connectivity index (χ1v) is 5.97. The van der Waals surface area contributed by atoms with Crippen LogP contribution in [-0.2, 0) is 4.79 Å². The van der Waals surface area contributed by atoms with Crippen LogP contribution in [-0.4, -0.2) is 10.7 Å². The third-order valence-corrected chi connectivity index (χ3v) is 2.60. The first-order chi connectivity index (χ1) is 7.00. The van der Waals surface area contributed by atoms with Gasteiger partial charge < -0.3 is 5.32 Å². The Morgan fingerprint density at radius 1 is 1.33 bits per heavy atom. The summed E-state index contributed by atoms with van der Waals surface area (Å²) in [6.45, 7) is 6.07. The summed E-state index contributed by atoms with van der Waals surface area (Å²) in [5.74, 6) is 0.458. The van der Waals surface area contributed by atoms with Gasteiger partial charge in [0.25, 0.3) is 0 Å². The fraction of sp³-hybridized carbons (Fsp3) is 0.417. The molecule has 0 aromatic heterocycles. The molecule has 82 valence electrons. The molecular weight excluding hydrogens is 254 g/mol. The van der Waals surface area contributed by atoms with Gasteiger partial charge in [-0.05, 0) is 30.5 Å². The van der Waals surface area contributed by atoms with Crippen molar-refractivity contribution >= 4 is 27.5 Å². The number of hydrogen-bond acceptors (Lipinski definition) is 1. The zero-order valence-electron chi connectivity index (χ0n) is 9.25. The molecule has 1 aromatic carbocycles. The highest BCUT2D eigenvalue weighted by Gasteiger charge is 2.09. The molecule has 1 amide bonds. The molecule has 0 saturated heterocycles. The molecule has 1 rings (SSSR count). The number of amides is 1. The fourth-order valence-electron chi connectivity index (χ4n) is 1.22. The molecular formula is C12H16BrNO. The number of carbonyl (C=O) groups is 1. The van der Waals surface area contributed by atoms with Crippen LogP contribution in [0.1, 0.15) is 32.3 Å². The Morgan fingerprint density at radius 3 is 2.53 bits per heavy atom. The molecule has 0 bridgehead atoms. The molecule has 0 aliphatic carbocycles. The van der Waals surface area contributed by atoms with Crippen LogP contribution in [0.5, 0.6) is 0 Å². The van der Waals surface area contributed by atoms with Gasteiger partial charge in [0, 0.05) is 5.69 Å². The van der Waals surface area contributed by atoms with E-state index in [1.54, 1.807) is 0 Å². The number of hydrogen-bond donors (Lipinski definition) is 1. The van der Waals surface area contributed by atoms with E-state index in [-0.39, 0.29) is 10.7 Å².